The van der Waals surface area contributed by atoms with Crippen molar-refractivity contribution in [1.29, 1.82) is 0 Å². The van der Waals surface area contributed by atoms with Crippen LogP contribution in [0.5, 0.6) is 0 Å². The molecule has 0 spiro atoms. The monoisotopic (exact) mass is 188 g/mol. The zero-order valence-corrected chi connectivity index (χ0v) is 9.05. The maximum atomic E-state index is 11.4. The summed E-state index contributed by atoms with van der Waals surface area (Å²) in [4.78, 5) is 11.4. The molecule has 0 fully saturated rings. The van der Waals surface area contributed by atoms with Gasteiger partial charge in [-0.15, -0.1) is 0 Å². The molecule has 0 aliphatic carbocycles. The van der Waals surface area contributed by atoms with Crippen molar-refractivity contribution in [2.24, 2.45) is 0 Å². The molecule has 3 unspecified atom stereocenters. The van der Waals surface area contributed by atoms with Gasteiger partial charge in [-0.25, -0.2) is 0 Å². The standard InChI is InChI=1S/C9H20N2O2/c1-6(8(3)13-5)11-9(12)7(2)10-4/h6-8,10H,1-5H3,(H,11,12). The number of hydrogen-bond acceptors (Lipinski definition) is 3. The molecule has 0 aliphatic rings. The minimum Gasteiger partial charge on any atom is -0.380 e. The number of rotatable bonds is 5. The number of amides is 1. The Labute approximate surface area is 80.0 Å². The number of carbonyl (C=O) groups is 1. The third-order valence-corrected chi connectivity index (χ3v) is 2.27. The predicted octanol–water partition coefficient (Wildman–Crippen LogP) is 0.134. The summed E-state index contributed by atoms with van der Waals surface area (Å²) < 4.78 is 5.09. The maximum Gasteiger partial charge on any atom is 0.237 e. The van der Waals surface area contributed by atoms with Gasteiger partial charge in [-0.05, 0) is 27.8 Å². The largest absolute Gasteiger partial charge is 0.380 e. The molecule has 0 aromatic rings. The van der Waals surface area contributed by atoms with Crippen LogP contribution < -0.4 is 10.6 Å². The average Bonchev–Trinajstić information content (AvgIpc) is 2.14. The first-order chi connectivity index (χ1) is 6.02. The van der Waals surface area contributed by atoms with Gasteiger partial charge in [0.05, 0.1) is 18.2 Å². The van der Waals surface area contributed by atoms with E-state index in [2.05, 4.69) is 10.6 Å². The van der Waals surface area contributed by atoms with Gasteiger partial charge in [-0.1, -0.05) is 0 Å². The van der Waals surface area contributed by atoms with E-state index in [0.717, 1.165) is 0 Å². The Morgan fingerprint density at radius 2 is 1.85 bits per heavy atom. The first-order valence-corrected chi connectivity index (χ1v) is 4.53. The summed E-state index contributed by atoms with van der Waals surface area (Å²) in [5.41, 5.74) is 0. The number of nitrogens with one attached hydrogen (secondary N) is 2. The van der Waals surface area contributed by atoms with Crippen molar-refractivity contribution in [2.45, 2.75) is 39.0 Å². The molecule has 3 atom stereocenters. The van der Waals surface area contributed by atoms with Crippen molar-refractivity contribution in [3.63, 3.8) is 0 Å². The molecule has 0 saturated carbocycles. The maximum absolute atomic E-state index is 11.4. The van der Waals surface area contributed by atoms with Crippen LogP contribution in [-0.2, 0) is 9.53 Å². The summed E-state index contributed by atoms with van der Waals surface area (Å²) in [5, 5.41) is 5.73. The van der Waals surface area contributed by atoms with Gasteiger partial charge in [0.25, 0.3) is 0 Å². The van der Waals surface area contributed by atoms with Crippen molar-refractivity contribution in [3.8, 4) is 0 Å². The Morgan fingerprint density at radius 1 is 1.31 bits per heavy atom. The van der Waals surface area contributed by atoms with Gasteiger partial charge in [0.15, 0.2) is 0 Å². The lowest BCUT2D eigenvalue weighted by molar-refractivity contribution is -0.124. The normalized spacial score (nSPS) is 17.6. The van der Waals surface area contributed by atoms with E-state index in [1.807, 2.05) is 20.8 Å². The summed E-state index contributed by atoms with van der Waals surface area (Å²) in [6, 6.07) is -0.125. The van der Waals surface area contributed by atoms with Crippen LogP contribution in [-0.4, -0.2) is 38.3 Å². The molecule has 0 saturated heterocycles. The van der Waals surface area contributed by atoms with Crippen LogP contribution in [0.25, 0.3) is 0 Å². The molecule has 4 heteroatoms. The number of carbonyl (C=O) groups excluding carboxylic acids is 1. The molecule has 78 valence electrons. The number of likely N-dealkylation sites (N-methyl/N-ethyl adjacent to an activating group) is 1. The highest BCUT2D eigenvalue weighted by Gasteiger charge is 2.16. The molecule has 0 aromatic carbocycles. The molecule has 0 radical (unpaired) electrons. The summed E-state index contributed by atoms with van der Waals surface area (Å²) in [6.07, 6.45) is 0.0352. The van der Waals surface area contributed by atoms with Crippen LogP contribution in [0.3, 0.4) is 0 Å². The smallest absolute Gasteiger partial charge is 0.237 e. The Kier molecular flexibility index (Phi) is 5.66. The van der Waals surface area contributed by atoms with Crippen molar-refractivity contribution in [1.82, 2.24) is 10.6 Å². The molecule has 0 heterocycles. The van der Waals surface area contributed by atoms with Crippen molar-refractivity contribution < 1.29 is 9.53 Å². The molecule has 13 heavy (non-hydrogen) atoms. The van der Waals surface area contributed by atoms with Crippen LogP contribution in [0.4, 0.5) is 0 Å². The van der Waals surface area contributed by atoms with Crippen LogP contribution >= 0.6 is 0 Å². The van der Waals surface area contributed by atoms with E-state index in [1.165, 1.54) is 0 Å². The quantitative estimate of drug-likeness (QED) is 0.645. The number of hydrogen-bond donors (Lipinski definition) is 2. The molecule has 4 nitrogen and oxygen atoms in total. The Bertz CT molecular complexity index is 162. The Hall–Kier alpha value is -0.610. The number of methoxy groups -OCH3 is 1. The van der Waals surface area contributed by atoms with Crippen LogP contribution in [0.2, 0.25) is 0 Å². The molecule has 2 N–H and O–H groups in total. The average molecular weight is 188 g/mol. The van der Waals surface area contributed by atoms with E-state index in [4.69, 9.17) is 4.74 Å². The highest BCUT2D eigenvalue weighted by atomic mass is 16.5. The van der Waals surface area contributed by atoms with E-state index in [9.17, 15) is 4.79 Å². The minimum absolute atomic E-state index is 0.00102. The second-order valence-corrected chi connectivity index (χ2v) is 3.25. The van der Waals surface area contributed by atoms with Crippen LogP contribution in [0.15, 0.2) is 0 Å². The second kappa shape index (κ2) is 5.94. The van der Waals surface area contributed by atoms with Crippen molar-refractivity contribution in [3.05, 3.63) is 0 Å². The first-order valence-electron chi connectivity index (χ1n) is 4.53. The fraction of sp³-hybridized carbons (Fsp3) is 0.889. The van der Waals surface area contributed by atoms with Gasteiger partial charge >= 0.3 is 0 Å². The molecule has 0 aromatic heterocycles. The SMILES string of the molecule is CNC(C)C(=O)NC(C)C(C)OC. The Morgan fingerprint density at radius 3 is 2.23 bits per heavy atom. The van der Waals surface area contributed by atoms with Gasteiger partial charge in [0.1, 0.15) is 0 Å². The van der Waals surface area contributed by atoms with Crippen molar-refractivity contribution >= 4 is 5.91 Å². The van der Waals surface area contributed by atoms with Gasteiger partial charge < -0.3 is 15.4 Å². The third kappa shape index (κ3) is 4.24. The van der Waals surface area contributed by atoms with Gasteiger partial charge in [0.2, 0.25) is 5.91 Å². The summed E-state index contributed by atoms with van der Waals surface area (Å²) in [5.74, 6) is -0.00102. The molecule has 1 amide bonds. The first kappa shape index (κ1) is 12.4. The van der Waals surface area contributed by atoms with E-state index >= 15 is 0 Å². The van der Waals surface area contributed by atoms with Gasteiger partial charge in [-0.3, -0.25) is 4.79 Å². The summed E-state index contributed by atoms with van der Waals surface area (Å²) in [7, 11) is 3.39. The number of ether oxygens (including phenoxy) is 1. The zero-order valence-electron chi connectivity index (χ0n) is 9.05. The fourth-order valence-electron chi connectivity index (χ4n) is 0.802. The van der Waals surface area contributed by atoms with Gasteiger partial charge in [-0.2, -0.15) is 0 Å². The molecular weight excluding hydrogens is 168 g/mol. The van der Waals surface area contributed by atoms with E-state index < -0.39 is 0 Å². The van der Waals surface area contributed by atoms with E-state index in [-0.39, 0.29) is 24.1 Å². The molecule has 0 bridgehead atoms. The highest BCUT2D eigenvalue weighted by Crippen LogP contribution is 1.96. The minimum atomic E-state index is -0.161. The topological polar surface area (TPSA) is 50.4 Å². The van der Waals surface area contributed by atoms with Crippen LogP contribution in [0, 0.1) is 0 Å². The fourth-order valence-corrected chi connectivity index (χ4v) is 0.802. The van der Waals surface area contributed by atoms with Crippen LogP contribution in [0.1, 0.15) is 20.8 Å². The zero-order chi connectivity index (χ0) is 10.4. The van der Waals surface area contributed by atoms with E-state index in [0.29, 0.717) is 0 Å². The molecule has 0 rings (SSSR count). The van der Waals surface area contributed by atoms with E-state index in [1.54, 1.807) is 14.2 Å². The molecule has 0 aliphatic heterocycles. The Balaban J connectivity index is 3.91. The second-order valence-electron chi connectivity index (χ2n) is 3.25. The predicted molar refractivity (Wildman–Crippen MR) is 52.6 cm³/mol. The lowest BCUT2D eigenvalue weighted by Gasteiger charge is -2.21. The molecular formula is C9H20N2O2. The lowest BCUT2D eigenvalue weighted by Crippen LogP contribution is -2.47. The van der Waals surface area contributed by atoms with Gasteiger partial charge in [0, 0.05) is 7.11 Å². The highest BCUT2D eigenvalue weighted by molar-refractivity contribution is 5.81. The lowest BCUT2D eigenvalue weighted by atomic mass is 10.2. The summed E-state index contributed by atoms with van der Waals surface area (Å²) in [6.45, 7) is 5.67. The third-order valence-electron chi connectivity index (χ3n) is 2.27. The summed E-state index contributed by atoms with van der Waals surface area (Å²) >= 11 is 0. The van der Waals surface area contributed by atoms with Crippen molar-refractivity contribution in [2.75, 3.05) is 14.2 Å².